The minimum Gasteiger partial charge on any atom is -0.508 e. The van der Waals surface area contributed by atoms with Crippen LogP contribution in [0, 0.1) is 11.7 Å². The third-order valence-electron chi connectivity index (χ3n) is 3.07. The SMILES string of the molecule is CC1CC1c1noc(-c2ccc(O)cc2F)n1. The number of hydrogen-bond donors (Lipinski definition) is 1. The molecule has 2 aromatic rings. The Morgan fingerprint density at radius 2 is 2.24 bits per heavy atom. The Kier molecular flexibility index (Phi) is 2.14. The molecule has 0 amide bonds. The summed E-state index contributed by atoms with van der Waals surface area (Å²) in [6, 6.07) is 3.85. The lowest BCUT2D eigenvalue weighted by Crippen LogP contribution is -1.86. The second kappa shape index (κ2) is 3.55. The number of halogens is 1. The molecular formula is C12H11FN2O2. The van der Waals surface area contributed by atoms with Gasteiger partial charge in [0.15, 0.2) is 5.82 Å². The maximum atomic E-state index is 13.6. The topological polar surface area (TPSA) is 59.2 Å². The van der Waals surface area contributed by atoms with E-state index >= 15 is 0 Å². The highest BCUT2D eigenvalue weighted by Crippen LogP contribution is 2.45. The Morgan fingerprint density at radius 3 is 2.88 bits per heavy atom. The average Bonchev–Trinajstić information content (AvgIpc) is 2.83. The molecule has 5 heteroatoms. The largest absolute Gasteiger partial charge is 0.508 e. The van der Waals surface area contributed by atoms with E-state index in [1.807, 2.05) is 0 Å². The van der Waals surface area contributed by atoms with Gasteiger partial charge in [-0.1, -0.05) is 12.1 Å². The van der Waals surface area contributed by atoms with Crippen LogP contribution in [0.25, 0.3) is 11.5 Å². The molecule has 2 unspecified atom stereocenters. The van der Waals surface area contributed by atoms with Gasteiger partial charge in [-0.3, -0.25) is 0 Å². The highest BCUT2D eigenvalue weighted by molar-refractivity contribution is 5.55. The summed E-state index contributed by atoms with van der Waals surface area (Å²) in [4.78, 5) is 4.18. The number of hydrogen-bond acceptors (Lipinski definition) is 4. The zero-order valence-corrected chi connectivity index (χ0v) is 9.22. The second-order valence-electron chi connectivity index (χ2n) is 4.44. The maximum absolute atomic E-state index is 13.6. The summed E-state index contributed by atoms with van der Waals surface area (Å²) in [5.41, 5.74) is 0.217. The van der Waals surface area contributed by atoms with Crippen LogP contribution in [0.4, 0.5) is 4.39 Å². The van der Waals surface area contributed by atoms with Crippen molar-refractivity contribution in [1.82, 2.24) is 10.1 Å². The summed E-state index contributed by atoms with van der Waals surface area (Å²) in [6.07, 6.45) is 1.05. The van der Waals surface area contributed by atoms with Gasteiger partial charge in [-0.15, -0.1) is 0 Å². The molecule has 1 saturated carbocycles. The van der Waals surface area contributed by atoms with Gasteiger partial charge in [0.05, 0.1) is 5.56 Å². The third-order valence-corrected chi connectivity index (χ3v) is 3.07. The molecule has 1 aromatic carbocycles. The molecule has 88 valence electrons. The molecule has 0 bridgehead atoms. The monoisotopic (exact) mass is 234 g/mol. The zero-order valence-electron chi connectivity index (χ0n) is 9.22. The van der Waals surface area contributed by atoms with Gasteiger partial charge in [0.2, 0.25) is 0 Å². The lowest BCUT2D eigenvalue weighted by Gasteiger charge is -1.97. The minimum atomic E-state index is -0.566. The van der Waals surface area contributed by atoms with Crippen LogP contribution in [-0.2, 0) is 0 Å². The van der Waals surface area contributed by atoms with E-state index in [4.69, 9.17) is 9.63 Å². The van der Waals surface area contributed by atoms with Crippen molar-refractivity contribution in [2.45, 2.75) is 19.3 Å². The second-order valence-corrected chi connectivity index (χ2v) is 4.44. The van der Waals surface area contributed by atoms with Crippen molar-refractivity contribution in [2.24, 2.45) is 5.92 Å². The van der Waals surface area contributed by atoms with E-state index in [0.717, 1.165) is 12.5 Å². The van der Waals surface area contributed by atoms with Crippen LogP contribution in [0.1, 0.15) is 25.1 Å². The maximum Gasteiger partial charge on any atom is 0.260 e. The summed E-state index contributed by atoms with van der Waals surface area (Å²) < 4.78 is 18.6. The number of aromatic nitrogens is 2. The van der Waals surface area contributed by atoms with Crippen molar-refractivity contribution in [3.05, 3.63) is 29.8 Å². The molecule has 0 radical (unpaired) electrons. The van der Waals surface area contributed by atoms with Gasteiger partial charge in [-0.05, 0) is 24.5 Å². The molecule has 3 rings (SSSR count). The van der Waals surface area contributed by atoms with Gasteiger partial charge in [-0.25, -0.2) is 4.39 Å². The van der Waals surface area contributed by atoms with Gasteiger partial charge in [0.1, 0.15) is 11.6 Å². The van der Waals surface area contributed by atoms with E-state index in [9.17, 15) is 4.39 Å². The standard InChI is InChI=1S/C12H11FN2O2/c1-6-4-9(6)11-14-12(17-15-11)8-3-2-7(16)5-10(8)13/h2-3,5-6,9,16H,4H2,1H3. The minimum absolute atomic E-state index is 0.123. The molecule has 2 atom stereocenters. The molecule has 1 heterocycles. The number of aromatic hydroxyl groups is 1. The van der Waals surface area contributed by atoms with Gasteiger partial charge in [-0.2, -0.15) is 4.98 Å². The molecule has 1 N–H and O–H groups in total. The number of benzene rings is 1. The van der Waals surface area contributed by atoms with Crippen molar-refractivity contribution >= 4 is 0 Å². The summed E-state index contributed by atoms with van der Waals surface area (Å²) in [7, 11) is 0. The number of phenolic OH excluding ortho intramolecular Hbond substituents is 1. The van der Waals surface area contributed by atoms with Gasteiger partial charge in [0, 0.05) is 12.0 Å². The Bertz CT molecular complexity index is 567. The number of nitrogens with zero attached hydrogens (tertiary/aromatic N) is 2. The highest BCUT2D eigenvalue weighted by Gasteiger charge is 2.38. The zero-order chi connectivity index (χ0) is 12.0. The van der Waals surface area contributed by atoms with Crippen molar-refractivity contribution in [1.29, 1.82) is 0 Å². The van der Waals surface area contributed by atoms with Gasteiger partial charge < -0.3 is 9.63 Å². The molecule has 4 nitrogen and oxygen atoms in total. The van der Waals surface area contributed by atoms with Gasteiger partial charge in [0.25, 0.3) is 5.89 Å². The predicted octanol–water partition coefficient (Wildman–Crippen LogP) is 2.70. The summed E-state index contributed by atoms with van der Waals surface area (Å²) in [6.45, 7) is 2.11. The lowest BCUT2D eigenvalue weighted by molar-refractivity contribution is 0.419. The van der Waals surface area contributed by atoms with E-state index in [1.165, 1.54) is 12.1 Å². The lowest BCUT2D eigenvalue weighted by atomic mass is 10.2. The fraction of sp³-hybridized carbons (Fsp3) is 0.333. The Morgan fingerprint density at radius 1 is 1.47 bits per heavy atom. The van der Waals surface area contributed by atoms with Crippen LogP contribution in [0.2, 0.25) is 0 Å². The van der Waals surface area contributed by atoms with Gasteiger partial charge >= 0.3 is 0 Å². The van der Waals surface area contributed by atoms with Crippen LogP contribution in [0.3, 0.4) is 0 Å². The Balaban J connectivity index is 1.95. The number of rotatable bonds is 2. The molecule has 0 spiro atoms. The van der Waals surface area contributed by atoms with Crippen LogP contribution in [0.15, 0.2) is 22.7 Å². The Labute approximate surface area is 97.1 Å². The molecule has 1 aromatic heterocycles. The van der Waals surface area contributed by atoms with E-state index in [0.29, 0.717) is 17.7 Å². The molecule has 1 aliphatic carbocycles. The van der Waals surface area contributed by atoms with E-state index in [2.05, 4.69) is 17.1 Å². The molecule has 0 aliphatic heterocycles. The van der Waals surface area contributed by atoms with E-state index in [1.54, 1.807) is 0 Å². The first-order valence-corrected chi connectivity index (χ1v) is 5.47. The first-order chi connectivity index (χ1) is 8.15. The molecular weight excluding hydrogens is 223 g/mol. The molecule has 1 fully saturated rings. The Hall–Kier alpha value is -1.91. The smallest absolute Gasteiger partial charge is 0.260 e. The van der Waals surface area contributed by atoms with Crippen molar-refractivity contribution in [3.63, 3.8) is 0 Å². The first-order valence-electron chi connectivity index (χ1n) is 5.47. The summed E-state index contributed by atoms with van der Waals surface area (Å²) in [5, 5.41) is 13.0. The van der Waals surface area contributed by atoms with E-state index in [-0.39, 0.29) is 17.2 Å². The molecule has 17 heavy (non-hydrogen) atoms. The van der Waals surface area contributed by atoms with E-state index < -0.39 is 5.82 Å². The average molecular weight is 234 g/mol. The van der Waals surface area contributed by atoms with Crippen molar-refractivity contribution in [2.75, 3.05) is 0 Å². The third kappa shape index (κ3) is 1.77. The summed E-state index contributed by atoms with van der Waals surface area (Å²) in [5.74, 6) is 1.03. The predicted molar refractivity (Wildman–Crippen MR) is 57.9 cm³/mol. The quantitative estimate of drug-likeness (QED) is 0.867. The number of phenols is 1. The van der Waals surface area contributed by atoms with Crippen LogP contribution < -0.4 is 0 Å². The van der Waals surface area contributed by atoms with Crippen LogP contribution in [0.5, 0.6) is 5.75 Å². The summed E-state index contributed by atoms with van der Waals surface area (Å²) >= 11 is 0. The van der Waals surface area contributed by atoms with Crippen molar-refractivity contribution < 1.29 is 14.0 Å². The fourth-order valence-corrected chi connectivity index (χ4v) is 1.85. The van der Waals surface area contributed by atoms with Crippen LogP contribution in [-0.4, -0.2) is 15.2 Å². The first kappa shape index (κ1) is 10.3. The van der Waals surface area contributed by atoms with Crippen molar-refractivity contribution in [3.8, 4) is 17.2 Å². The normalized spacial score (nSPS) is 22.7. The van der Waals surface area contributed by atoms with Crippen LogP contribution >= 0.6 is 0 Å². The fourth-order valence-electron chi connectivity index (χ4n) is 1.85. The molecule has 1 aliphatic rings. The highest BCUT2D eigenvalue weighted by atomic mass is 19.1. The molecule has 0 saturated heterocycles.